The van der Waals surface area contributed by atoms with Crippen LogP contribution in [0.15, 0.2) is 11.6 Å². The molecule has 4 heteroatoms. The minimum atomic E-state index is -0.458. The zero-order chi connectivity index (χ0) is 10.6. The van der Waals surface area contributed by atoms with Crippen molar-refractivity contribution in [1.82, 2.24) is 4.98 Å². The molecule has 1 aromatic heterocycles. The molecule has 0 bridgehead atoms. The van der Waals surface area contributed by atoms with Crippen LogP contribution in [-0.4, -0.2) is 28.4 Å². The van der Waals surface area contributed by atoms with Crippen LogP contribution in [0.1, 0.15) is 25.8 Å². The second-order valence-electron chi connectivity index (χ2n) is 4.21. The van der Waals surface area contributed by atoms with Crippen molar-refractivity contribution in [2.75, 3.05) is 6.61 Å². The molecule has 0 aliphatic heterocycles. The van der Waals surface area contributed by atoms with Crippen molar-refractivity contribution in [2.45, 2.75) is 38.9 Å². The molecule has 1 atom stereocenters. The molecule has 0 aliphatic rings. The van der Waals surface area contributed by atoms with Crippen LogP contribution < -0.4 is 0 Å². The first-order chi connectivity index (χ1) is 6.47. The van der Waals surface area contributed by atoms with E-state index in [1.807, 2.05) is 26.2 Å². The molecule has 0 aliphatic carbocycles. The fourth-order valence-electron chi connectivity index (χ4n) is 0.960. The van der Waals surface area contributed by atoms with Crippen molar-refractivity contribution >= 4 is 11.3 Å². The van der Waals surface area contributed by atoms with Crippen LogP contribution in [-0.2, 0) is 11.2 Å². The maximum Gasteiger partial charge on any atom is 0.0951 e. The highest BCUT2D eigenvalue weighted by molar-refractivity contribution is 7.09. The van der Waals surface area contributed by atoms with E-state index in [1.54, 1.807) is 17.5 Å². The minimum absolute atomic E-state index is 0.191. The fourth-order valence-corrected chi connectivity index (χ4v) is 1.65. The Labute approximate surface area is 88.8 Å². The second kappa shape index (κ2) is 4.87. The molecule has 14 heavy (non-hydrogen) atoms. The lowest BCUT2D eigenvalue weighted by molar-refractivity contribution is -0.0482. The molecule has 80 valence electrons. The lowest BCUT2D eigenvalue weighted by Crippen LogP contribution is -2.27. The number of rotatable bonds is 4. The van der Waals surface area contributed by atoms with Gasteiger partial charge in [-0.2, -0.15) is 0 Å². The Balaban J connectivity index is 2.26. The molecular formula is C10H17NO2S. The molecule has 0 saturated carbocycles. The third-order valence-electron chi connectivity index (χ3n) is 1.60. The first kappa shape index (κ1) is 11.6. The van der Waals surface area contributed by atoms with Crippen LogP contribution in [0.3, 0.4) is 0 Å². The smallest absolute Gasteiger partial charge is 0.0951 e. The number of nitrogens with zero attached hydrogens (tertiary/aromatic N) is 1. The Morgan fingerprint density at radius 2 is 2.29 bits per heavy atom. The molecule has 0 radical (unpaired) electrons. The number of hydrogen-bond acceptors (Lipinski definition) is 4. The van der Waals surface area contributed by atoms with Crippen LogP contribution >= 0.6 is 11.3 Å². The summed E-state index contributed by atoms with van der Waals surface area (Å²) in [5.41, 5.74) is -0.191. The van der Waals surface area contributed by atoms with Crippen molar-refractivity contribution in [3.8, 4) is 0 Å². The number of thiazole rings is 1. The van der Waals surface area contributed by atoms with Crippen molar-refractivity contribution in [3.63, 3.8) is 0 Å². The number of aliphatic hydroxyl groups is 1. The molecule has 1 rings (SSSR count). The van der Waals surface area contributed by atoms with E-state index in [9.17, 15) is 5.11 Å². The van der Waals surface area contributed by atoms with E-state index >= 15 is 0 Å². The van der Waals surface area contributed by atoms with Gasteiger partial charge in [0.1, 0.15) is 0 Å². The van der Waals surface area contributed by atoms with Gasteiger partial charge in [-0.3, -0.25) is 0 Å². The third-order valence-corrected chi connectivity index (χ3v) is 2.40. The average Bonchev–Trinajstić information content (AvgIpc) is 2.52. The summed E-state index contributed by atoms with van der Waals surface area (Å²) in [5, 5.41) is 12.5. The molecule has 1 N–H and O–H groups in total. The number of aliphatic hydroxyl groups excluding tert-OH is 1. The number of hydrogen-bond donors (Lipinski definition) is 1. The molecular weight excluding hydrogens is 198 g/mol. The van der Waals surface area contributed by atoms with Crippen LogP contribution in [0.2, 0.25) is 0 Å². The zero-order valence-electron chi connectivity index (χ0n) is 8.86. The van der Waals surface area contributed by atoms with Gasteiger partial charge in [-0.15, -0.1) is 11.3 Å². The van der Waals surface area contributed by atoms with Crippen molar-refractivity contribution in [1.29, 1.82) is 0 Å². The predicted octanol–water partition coefficient (Wildman–Crippen LogP) is 1.86. The van der Waals surface area contributed by atoms with Crippen molar-refractivity contribution in [2.24, 2.45) is 0 Å². The minimum Gasteiger partial charge on any atom is -0.390 e. The van der Waals surface area contributed by atoms with Crippen LogP contribution in [0, 0.1) is 0 Å². The fraction of sp³-hybridized carbons (Fsp3) is 0.700. The Kier molecular flexibility index (Phi) is 4.04. The lowest BCUT2D eigenvalue weighted by Gasteiger charge is -2.21. The van der Waals surface area contributed by atoms with Gasteiger partial charge in [-0.05, 0) is 20.8 Å². The highest BCUT2D eigenvalue weighted by Gasteiger charge is 2.14. The standard InChI is InChI=1S/C10H17NO2S/c1-10(2,3)13-7-8(12)6-9-11-4-5-14-9/h4-5,8,12H,6-7H2,1-3H3. The summed E-state index contributed by atoms with van der Waals surface area (Å²) in [6, 6.07) is 0. The van der Waals surface area contributed by atoms with Gasteiger partial charge in [0.2, 0.25) is 0 Å². The van der Waals surface area contributed by atoms with Crippen LogP contribution in [0.5, 0.6) is 0 Å². The molecule has 1 aromatic rings. The zero-order valence-corrected chi connectivity index (χ0v) is 9.67. The molecule has 0 amide bonds. The summed E-state index contributed by atoms with van der Waals surface area (Å²) < 4.78 is 5.47. The second-order valence-corrected chi connectivity index (χ2v) is 5.19. The normalized spacial score (nSPS) is 14.3. The first-order valence-corrected chi connectivity index (χ1v) is 5.56. The molecule has 0 spiro atoms. The van der Waals surface area contributed by atoms with Gasteiger partial charge in [-0.25, -0.2) is 4.98 Å². The molecule has 3 nitrogen and oxygen atoms in total. The topological polar surface area (TPSA) is 42.4 Å². The van der Waals surface area contributed by atoms with E-state index in [2.05, 4.69) is 4.98 Å². The highest BCUT2D eigenvalue weighted by atomic mass is 32.1. The van der Waals surface area contributed by atoms with E-state index in [1.165, 1.54) is 0 Å². The Morgan fingerprint density at radius 3 is 2.79 bits per heavy atom. The summed E-state index contributed by atoms with van der Waals surface area (Å²) >= 11 is 1.56. The van der Waals surface area contributed by atoms with Crippen molar-refractivity contribution in [3.05, 3.63) is 16.6 Å². The monoisotopic (exact) mass is 215 g/mol. The van der Waals surface area contributed by atoms with Gasteiger partial charge in [0.25, 0.3) is 0 Å². The molecule has 0 saturated heterocycles. The molecule has 1 unspecified atom stereocenters. The van der Waals surface area contributed by atoms with E-state index in [0.717, 1.165) is 5.01 Å². The number of aromatic nitrogens is 1. The maximum absolute atomic E-state index is 9.63. The van der Waals surface area contributed by atoms with E-state index in [4.69, 9.17) is 4.74 Å². The maximum atomic E-state index is 9.63. The Hall–Kier alpha value is -0.450. The van der Waals surface area contributed by atoms with E-state index in [-0.39, 0.29) is 5.60 Å². The highest BCUT2D eigenvalue weighted by Crippen LogP contribution is 2.11. The van der Waals surface area contributed by atoms with E-state index in [0.29, 0.717) is 13.0 Å². The van der Waals surface area contributed by atoms with Gasteiger partial charge in [0.15, 0.2) is 0 Å². The Bertz CT molecular complexity index is 254. The van der Waals surface area contributed by atoms with Crippen molar-refractivity contribution < 1.29 is 9.84 Å². The Morgan fingerprint density at radius 1 is 1.57 bits per heavy atom. The third kappa shape index (κ3) is 4.69. The lowest BCUT2D eigenvalue weighted by atomic mass is 10.2. The average molecular weight is 215 g/mol. The van der Waals surface area contributed by atoms with E-state index < -0.39 is 6.10 Å². The van der Waals surface area contributed by atoms with Gasteiger partial charge in [-0.1, -0.05) is 0 Å². The van der Waals surface area contributed by atoms with Crippen LogP contribution in [0.25, 0.3) is 0 Å². The first-order valence-electron chi connectivity index (χ1n) is 4.68. The number of ether oxygens (including phenoxy) is 1. The quantitative estimate of drug-likeness (QED) is 0.833. The van der Waals surface area contributed by atoms with Gasteiger partial charge in [0, 0.05) is 18.0 Å². The SMILES string of the molecule is CC(C)(C)OCC(O)Cc1nccs1. The molecule has 0 fully saturated rings. The summed E-state index contributed by atoms with van der Waals surface area (Å²) in [7, 11) is 0. The largest absolute Gasteiger partial charge is 0.390 e. The van der Waals surface area contributed by atoms with Gasteiger partial charge >= 0.3 is 0 Å². The molecule has 1 heterocycles. The molecule has 0 aromatic carbocycles. The predicted molar refractivity (Wildman–Crippen MR) is 57.5 cm³/mol. The summed E-state index contributed by atoms with van der Waals surface area (Å²) in [6.45, 7) is 6.29. The van der Waals surface area contributed by atoms with Gasteiger partial charge < -0.3 is 9.84 Å². The summed E-state index contributed by atoms with van der Waals surface area (Å²) in [4.78, 5) is 4.10. The summed E-state index contributed by atoms with van der Waals surface area (Å²) in [5.74, 6) is 0. The van der Waals surface area contributed by atoms with Crippen LogP contribution in [0.4, 0.5) is 0 Å². The van der Waals surface area contributed by atoms with Gasteiger partial charge in [0.05, 0.1) is 23.3 Å². The summed E-state index contributed by atoms with van der Waals surface area (Å²) in [6.07, 6.45) is 1.87.